The molecule has 0 aliphatic rings. The molecule has 0 radical (unpaired) electrons. The zero-order valence-corrected chi connectivity index (χ0v) is 13.4. The zero-order valence-electron chi connectivity index (χ0n) is 11.1. The van der Waals surface area contributed by atoms with Gasteiger partial charge in [0.2, 0.25) is 0 Å². The molecule has 0 atom stereocenters. The van der Waals surface area contributed by atoms with E-state index in [1.165, 1.54) is 0 Å². The summed E-state index contributed by atoms with van der Waals surface area (Å²) in [7, 11) is 0. The number of aromatic nitrogens is 2. The van der Waals surface area contributed by atoms with E-state index in [-0.39, 0.29) is 17.2 Å². The maximum absolute atomic E-state index is 12.4. The summed E-state index contributed by atoms with van der Waals surface area (Å²) in [5.74, 6) is -0.131. The fourth-order valence-electron chi connectivity index (χ4n) is 2.00. The van der Waals surface area contributed by atoms with Gasteiger partial charge in [0.25, 0.3) is 0 Å². The van der Waals surface area contributed by atoms with E-state index in [1.807, 2.05) is 13.8 Å². The van der Waals surface area contributed by atoms with Crippen LogP contribution in [-0.4, -0.2) is 15.6 Å². The third-order valence-corrected chi connectivity index (χ3v) is 4.34. The van der Waals surface area contributed by atoms with E-state index in [9.17, 15) is 4.79 Å². The third-order valence-electron chi connectivity index (χ3n) is 3.03. The monoisotopic (exact) mass is 330 g/mol. The van der Waals surface area contributed by atoms with E-state index >= 15 is 0 Å². The van der Waals surface area contributed by atoms with Crippen molar-refractivity contribution in [3.63, 3.8) is 0 Å². The summed E-state index contributed by atoms with van der Waals surface area (Å²) in [6.07, 6.45) is 0.146. The van der Waals surface area contributed by atoms with Crippen LogP contribution in [0.2, 0.25) is 15.1 Å². The highest BCUT2D eigenvalue weighted by atomic mass is 35.5. The third kappa shape index (κ3) is 2.85. The zero-order chi connectivity index (χ0) is 14.9. The van der Waals surface area contributed by atoms with E-state index in [4.69, 9.17) is 34.8 Å². The van der Waals surface area contributed by atoms with Crippen molar-refractivity contribution < 1.29 is 4.79 Å². The van der Waals surface area contributed by atoms with Crippen molar-refractivity contribution in [2.45, 2.75) is 26.8 Å². The summed E-state index contributed by atoms with van der Waals surface area (Å²) >= 11 is 18.2. The van der Waals surface area contributed by atoms with Crippen molar-refractivity contribution in [3.8, 4) is 0 Å². The number of benzene rings is 1. The summed E-state index contributed by atoms with van der Waals surface area (Å²) in [5.41, 5.74) is 1.82. The Morgan fingerprint density at radius 3 is 2.60 bits per heavy atom. The number of ketones is 1. The molecule has 0 fully saturated rings. The van der Waals surface area contributed by atoms with Crippen LogP contribution in [-0.2, 0) is 13.0 Å². The number of Topliss-reactive ketones (excluding diaryl/α,β-unsaturated/α-hetero) is 1. The van der Waals surface area contributed by atoms with Crippen molar-refractivity contribution >= 4 is 40.6 Å². The largest absolute Gasteiger partial charge is 0.294 e. The summed E-state index contributed by atoms with van der Waals surface area (Å²) in [4.78, 5) is 12.4. The minimum atomic E-state index is -0.131. The van der Waals surface area contributed by atoms with Crippen LogP contribution in [0.25, 0.3) is 0 Å². The normalized spacial score (nSPS) is 10.8. The van der Waals surface area contributed by atoms with Gasteiger partial charge in [-0.25, -0.2) is 0 Å². The number of aryl methyl sites for hydroxylation is 2. The Balaban J connectivity index is 2.35. The van der Waals surface area contributed by atoms with Gasteiger partial charge in [-0.15, -0.1) is 0 Å². The number of halogens is 3. The Kier molecular flexibility index (Phi) is 4.74. The molecule has 0 unspecified atom stereocenters. The molecule has 0 aliphatic carbocycles. The Hall–Kier alpha value is -1.03. The minimum Gasteiger partial charge on any atom is -0.294 e. The van der Waals surface area contributed by atoms with E-state index in [0.29, 0.717) is 33.5 Å². The molecule has 3 nitrogen and oxygen atoms in total. The SMILES string of the molecule is CCn1nc(C)c(Cl)c1CC(=O)c1cccc(Cl)c1Cl. The molecule has 1 aromatic heterocycles. The van der Waals surface area contributed by atoms with Crippen LogP contribution in [0.5, 0.6) is 0 Å². The molecular formula is C14H13Cl3N2O. The maximum Gasteiger partial charge on any atom is 0.170 e. The van der Waals surface area contributed by atoms with E-state index < -0.39 is 0 Å². The molecule has 1 heterocycles. The van der Waals surface area contributed by atoms with Crippen molar-refractivity contribution in [2.75, 3.05) is 0 Å². The van der Waals surface area contributed by atoms with Crippen LogP contribution < -0.4 is 0 Å². The van der Waals surface area contributed by atoms with Crippen molar-refractivity contribution in [3.05, 3.63) is 50.2 Å². The van der Waals surface area contributed by atoms with E-state index in [0.717, 1.165) is 0 Å². The highest BCUT2D eigenvalue weighted by molar-refractivity contribution is 6.44. The number of carbonyl (C=O) groups is 1. The molecule has 2 rings (SSSR count). The first-order valence-electron chi connectivity index (χ1n) is 6.14. The second-order valence-electron chi connectivity index (χ2n) is 4.36. The van der Waals surface area contributed by atoms with Gasteiger partial charge in [0.1, 0.15) is 0 Å². The molecule has 0 N–H and O–H groups in total. The lowest BCUT2D eigenvalue weighted by Gasteiger charge is -2.07. The second kappa shape index (κ2) is 6.17. The predicted octanol–water partition coefficient (Wildman–Crippen LogP) is 4.60. The first-order chi connectivity index (χ1) is 9.45. The van der Waals surface area contributed by atoms with Crippen LogP contribution in [0, 0.1) is 6.92 Å². The molecule has 1 aromatic carbocycles. The fourth-order valence-corrected chi connectivity index (χ4v) is 2.61. The average Bonchev–Trinajstić information content (AvgIpc) is 2.69. The Labute approximate surface area is 132 Å². The minimum absolute atomic E-state index is 0.131. The molecule has 0 spiro atoms. The molecule has 0 saturated carbocycles. The molecule has 106 valence electrons. The van der Waals surface area contributed by atoms with Crippen LogP contribution in [0.3, 0.4) is 0 Å². The number of hydrogen-bond donors (Lipinski definition) is 0. The summed E-state index contributed by atoms with van der Waals surface area (Å²) in [6.45, 7) is 4.41. The molecule has 0 aliphatic heterocycles. The van der Waals surface area contributed by atoms with Gasteiger partial charge in [-0.05, 0) is 26.0 Å². The van der Waals surface area contributed by atoms with E-state index in [2.05, 4.69) is 5.10 Å². The molecule has 20 heavy (non-hydrogen) atoms. The lowest BCUT2D eigenvalue weighted by atomic mass is 10.1. The van der Waals surface area contributed by atoms with Crippen LogP contribution in [0.4, 0.5) is 0 Å². The Bertz CT molecular complexity index is 665. The lowest BCUT2D eigenvalue weighted by molar-refractivity contribution is 0.0990. The summed E-state index contributed by atoms with van der Waals surface area (Å²) in [5, 5.41) is 5.45. The van der Waals surface area contributed by atoms with Gasteiger partial charge in [-0.1, -0.05) is 40.9 Å². The smallest absolute Gasteiger partial charge is 0.170 e. The second-order valence-corrected chi connectivity index (χ2v) is 5.53. The molecule has 6 heteroatoms. The maximum atomic E-state index is 12.4. The van der Waals surface area contributed by atoms with Crippen molar-refractivity contribution in [2.24, 2.45) is 0 Å². The van der Waals surface area contributed by atoms with Gasteiger partial charge >= 0.3 is 0 Å². The molecule has 0 bridgehead atoms. The number of nitrogens with zero attached hydrogens (tertiary/aromatic N) is 2. The Morgan fingerprint density at radius 2 is 1.95 bits per heavy atom. The van der Waals surface area contributed by atoms with Gasteiger partial charge in [0.05, 0.1) is 32.9 Å². The topological polar surface area (TPSA) is 34.9 Å². The predicted molar refractivity (Wildman–Crippen MR) is 82.1 cm³/mol. The number of hydrogen-bond acceptors (Lipinski definition) is 2. The highest BCUT2D eigenvalue weighted by Gasteiger charge is 2.19. The molecule has 0 saturated heterocycles. The lowest BCUT2D eigenvalue weighted by Crippen LogP contribution is -2.10. The summed E-state index contributed by atoms with van der Waals surface area (Å²) < 4.78 is 1.73. The average molecular weight is 332 g/mol. The van der Waals surface area contributed by atoms with Crippen LogP contribution in [0.1, 0.15) is 28.7 Å². The molecular weight excluding hydrogens is 319 g/mol. The van der Waals surface area contributed by atoms with Gasteiger partial charge in [-0.2, -0.15) is 5.10 Å². The van der Waals surface area contributed by atoms with Gasteiger partial charge in [0.15, 0.2) is 5.78 Å². The van der Waals surface area contributed by atoms with Crippen LogP contribution >= 0.6 is 34.8 Å². The highest BCUT2D eigenvalue weighted by Crippen LogP contribution is 2.28. The Morgan fingerprint density at radius 1 is 1.25 bits per heavy atom. The van der Waals surface area contributed by atoms with Crippen LogP contribution in [0.15, 0.2) is 18.2 Å². The van der Waals surface area contributed by atoms with Gasteiger partial charge in [0, 0.05) is 12.1 Å². The van der Waals surface area contributed by atoms with Gasteiger partial charge < -0.3 is 0 Å². The summed E-state index contributed by atoms with van der Waals surface area (Å²) in [6, 6.07) is 5.00. The van der Waals surface area contributed by atoms with Gasteiger partial charge in [-0.3, -0.25) is 9.48 Å². The number of carbonyl (C=O) groups excluding carboxylic acids is 1. The molecule has 2 aromatic rings. The van der Waals surface area contributed by atoms with Crippen molar-refractivity contribution in [1.29, 1.82) is 0 Å². The molecule has 0 amide bonds. The first kappa shape index (κ1) is 15.4. The first-order valence-corrected chi connectivity index (χ1v) is 7.28. The number of rotatable bonds is 4. The standard InChI is InChI=1S/C14H13Cl3N2O/c1-3-19-11(13(16)8(2)18-19)7-12(20)9-5-4-6-10(15)14(9)17/h4-6H,3,7H2,1-2H3. The van der Waals surface area contributed by atoms with E-state index in [1.54, 1.807) is 22.9 Å². The quantitative estimate of drug-likeness (QED) is 0.768. The fraction of sp³-hybridized carbons (Fsp3) is 0.286. The van der Waals surface area contributed by atoms with Crippen molar-refractivity contribution in [1.82, 2.24) is 9.78 Å².